The first kappa shape index (κ1) is 12.8. The molecule has 1 aromatic carbocycles. The van der Waals surface area contributed by atoms with Gasteiger partial charge in [0.05, 0.1) is 5.56 Å². The zero-order valence-electron chi connectivity index (χ0n) is 10.6. The number of nitrogens with zero attached hydrogens (tertiary/aromatic N) is 2. The van der Waals surface area contributed by atoms with Crippen molar-refractivity contribution in [2.45, 2.75) is 0 Å². The van der Waals surface area contributed by atoms with Crippen LogP contribution < -0.4 is 4.84 Å². The van der Waals surface area contributed by atoms with Gasteiger partial charge >= 0.3 is 6.09 Å². The Balaban J connectivity index is 2.38. The first-order valence-corrected chi connectivity index (χ1v) is 5.59. The lowest BCUT2D eigenvalue weighted by molar-refractivity contribution is 0.0867. The molecule has 0 unspecified atom stereocenters. The van der Waals surface area contributed by atoms with E-state index in [1.54, 1.807) is 24.3 Å². The van der Waals surface area contributed by atoms with Crippen LogP contribution in [0.1, 0.15) is 0 Å². The molecule has 0 aliphatic carbocycles. The fourth-order valence-corrected chi connectivity index (χ4v) is 1.55. The van der Waals surface area contributed by atoms with E-state index in [-0.39, 0.29) is 11.8 Å². The number of carbonyl (C=O) groups is 1. The van der Waals surface area contributed by atoms with E-state index in [1.165, 1.54) is 25.1 Å². The maximum absolute atomic E-state index is 11.4. The molecule has 19 heavy (non-hydrogen) atoms. The molecule has 0 spiro atoms. The van der Waals surface area contributed by atoms with Gasteiger partial charge in [0.2, 0.25) is 11.8 Å². The highest BCUT2D eigenvalue weighted by Crippen LogP contribution is 2.34. The van der Waals surface area contributed by atoms with E-state index < -0.39 is 6.09 Å². The zero-order chi connectivity index (χ0) is 14.0. The van der Waals surface area contributed by atoms with Crippen molar-refractivity contribution in [3.8, 4) is 22.9 Å². The smallest absolute Gasteiger partial charge is 0.434 e. The van der Waals surface area contributed by atoms with Crippen molar-refractivity contribution in [2.75, 3.05) is 14.1 Å². The molecule has 0 atom stereocenters. The molecule has 0 aliphatic heterocycles. The number of hydrogen-bond acceptors (Lipinski definition) is 4. The van der Waals surface area contributed by atoms with Crippen LogP contribution in [0.25, 0.3) is 11.1 Å². The second-order valence-electron chi connectivity index (χ2n) is 4.15. The highest BCUT2D eigenvalue weighted by atomic mass is 16.7. The lowest BCUT2D eigenvalue weighted by Crippen LogP contribution is -2.30. The molecule has 1 amide bonds. The summed E-state index contributed by atoms with van der Waals surface area (Å²) in [7, 11) is 3.00. The normalized spacial score (nSPS) is 10.2. The van der Waals surface area contributed by atoms with Crippen molar-refractivity contribution in [3.05, 3.63) is 36.4 Å². The molecule has 0 bridgehead atoms. The molecule has 6 nitrogen and oxygen atoms in total. The molecule has 0 radical (unpaired) electrons. The molecular formula is C13H14N2O4. The van der Waals surface area contributed by atoms with Crippen LogP contribution in [0.15, 0.2) is 36.4 Å². The quantitative estimate of drug-likeness (QED) is 0.863. The van der Waals surface area contributed by atoms with Crippen molar-refractivity contribution in [1.29, 1.82) is 0 Å². The molecule has 2 N–H and O–H groups in total. The zero-order valence-corrected chi connectivity index (χ0v) is 10.6. The lowest BCUT2D eigenvalue weighted by Gasteiger charge is -2.11. The summed E-state index contributed by atoms with van der Waals surface area (Å²) < 4.78 is 0.685. The number of carbonyl (C=O) groups excluding carboxylic acids is 1. The molecule has 0 saturated carbocycles. The molecule has 2 aromatic rings. The van der Waals surface area contributed by atoms with Gasteiger partial charge in [-0.3, -0.25) is 0 Å². The monoisotopic (exact) mass is 262 g/mol. The van der Waals surface area contributed by atoms with Gasteiger partial charge in [0.25, 0.3) is 0 Å². The minimum absolute atomic E-state index is 0.334. The van der Waals surface area contributed by atoms with E-state index in [4.69, 9.17) is 4.84 Å². The number of benzene rings is 1. The van der Waals surface area contributed by atoms with Crippen LogP contribution in [0.5, 0.6) is 11.8 Å². The average Bonchev–Trinajstić information content (AvgIpc) is 2.67. The van der Waals surface area contributed by atoms with Gasteiger partial charge in [-0.1, -0.05) is 30.3 Å². The van der Waals surface area contributed by atoms with E-state index in [2.05, 4.69) is 0 Å². The maximum atomic E-state index is 11.4. The van der Waals surface area contributed by atoms with Crippen LogP contribution >= 0.6 is 0 Å². The Bertz CT molecular complexity index is 590. The fraction of sp³-hybridized carbons (Fsp3) is 0.154. The van der Waals surface area contributed by atoms with Gasteiger partial charge in [-0.2, -0.15) is 0 Å². The minimum Gasteiger partial charge on any atom is -0.492 e. The fourth-order valence-electron chi connectivity index (χ4n) is 1.55. The summed E-state index contributed by atoms with van der Waals surface area (Å²) in [6.45, 7) is 0. The number of aromatic hydroxyl groups is 2. The third-order valence-electron chi connectivity index (χ3n) is 2.53. The summed E-state index contributed by atoms with van der Waals surface area (Å²) in [6, 6.07) is 10.3. The lowest BCUT2D eigenvalue weighted by atomic mass is 10.1. The first-order chi connectivity index (χ1) is 9.00. The van der Waals surface area contributed by atoms with Gasteiger partial charge in [-0.25, -0.2) is 4.79 Å². The summed E-state index contributed by atoms with van der Waals surface area (Å²) in [6.07, 6.45) is -0.708. The molecule has 0 saturated heterocycles. The van der Waals surface area contributed by atoms with Gasteiger partial charge < -0.3 is 20.0 Å². The van der Waals surface area contributed by atoms with Crippen LogP contribution in [-0.4, -0.2) is 40.0 Å². The van der Waals surface area contributed by atoms with Gasteiger partial charge in [0.15, 0.2) is 0 Å². The second kappa shape index (κ2) is 4.93. The van der Waals surface area contributed by atoms with E-state index in [0.29, 0.717) is 15.9 Å². The Kier molecular flexibility index (Phi) is 3.33. The van der Waals surface area contributed by atoms with Crippen molar-refractivity contribution in [1.82, 2.24) is 9.63 Å². The maximum Gasteiger partial charge on any atom is 0.434 e. The minimum atomic E-state index is -0.708. The van der Waals surface area contributed by atoms with E-state index in [1.807, 2.05) is 6.07 Å². The highest BCUT2D eigenvalue weighted by molar-refractivity contribution is 5.72. The summed E-state index contributed by atoms with van der Waals surface area (Å²) in [4.78, 5) is 17.4. The Morgan fingerprint density at radius 1 is 1.21 bits per heavy atom. The SMILES string of the molecule is CN(C)C(=O)On1c(O)cc(-c2ccccc2)c1O. The Morgan fingerprint density at radius 2 is 1.84 bits per heavy atom. The van der Waals surface area contributed by atoms with Crippen molar-refractivity contribution < 1.29 is 19.8 Å². The van der Waals surface area contributed by atoms with E-state index in [9.17, 15) is 15.0 Å². The van der Waals surface area contributed by atoms with E-state index in [0.717, 1.165) is 0 Å². The van der Waals surface area contributed by atoms with Crippen molar-refractivity contribution in [2.24, 2.45) is 0 Å². The van der Waals surface area contributed by atoms with Crippen LogP contribution in [0, 0.1) is 0 Å². The van der Waals surface area contributed by atoms with Gasteiger partial charge in [0, 0.05) is 20.2 Å². The van der Waals surface area contributed by atoms with Crippen LogP contribution in [0.3, 0.4) is 0 Å². The molecular weight excluding hydrogens is 248 g/mol. The highest BCUT2D eigenvalue weighted by Gasteiger charge is 2.19. The van der Waals surface area contributed by atoms with E-state index >= 15 is 0 Å². The van der Waals surface area contributed by atoms with Crippen molar-refractivity contribution in [3.63, 3.8) is 0 Å². The average molecular weight is 262 g/mol. The van der Waals surface area contributed by atoms with Gasteiger partial charge in [-0.05, 0) is 5.56 Å². The molecule has 1 heterocycles. The summed E-state index contributed by atoms with van der Waals surface area (Å²) in [5, 5.41) is 19.7. The Labute approximate surface area is 110 Å². The standard InChI is InChI=1S/C13H14N2O4/c1-14(2)13(18)19-15-11(16)8-10(12(15)17)9-6-4-3-5-7-9/h3-8,16-17H,1-2H3. The topological polar surface area (TPSA) is 74.9 Å². The molecule has 1 aromatic heterocycles. The summed E-state index contributed by atoms with van der Waals surface area (Å²) in [5.74, 6) is -0.689. The third-order valence-corrected chi connectivity index (χ3v) is 2.53. The summed E-state index contributed by atoms with van der Waals surface area (Å²) in [5.41, 5.74) is 1.08. The number of hydrogen-bond donors (Lipinski definition) is 2. The Hall–Kier alpha value is -2.63. The largest absolute Gasteiger partial charge is 0.492 e. The van der Waals surface area contributed by atoms with Crippen LogP contribution in [0.4, 0.5) is 4.79 Å². The second-order valence-corrected chi connectivity index (χ2v) is 4.15. The van der Waals surface area contributed by atoms with Crippen LogP contribution in [-0.2, 0) is 0 Å². The van der Waals surface area contributed by atoms with Gasteiger partial charge in [-0.15, -0.1) is 4.73 Å². The molecule has 0 aliphatic rings. The first-order valence-electron chi connectivity index (χ1n) is 5.59. The predicted octanol–water partition coefficient (Wildman–Crippen LogP) is 1.68. The van der Waals surface area contributed by atoms with Gasteiger partial charge in [0.1, 0.15) is 0 Å². The Morgan fingerprint density at radius 3 is 2.42 bits per heavy atom. The third kappa shape index (κ3) is 2.47. The van der Waals surface area contributed by atoms with Crippen molar-refractivity contribution >= 4 is 6.09 Å². The number of rotatable bonds is 2. The molecule has 100 valence electrons. The summed E-state index contributed by atoms with van der Waals surface area (Å²) >= 11 is 0. The predicted molar refractivity (Wildman–Crippen MR) is 68.9 cm³/mol. The van der Waals surface area contributed by atoms with Crippen LogP contribution in [0.2, 0.25) is 0 Å². The number of amides is 1. The molecule has 2 rings (SSSR count). The number of aromatic nitrogens is 1. The molecule has 6 heteroatoms. The molecule has 0 fully saturated rings.